The molecule has 3 saturated heterocycles. The Morgan fingerprint density at radius 3 is 2.75 bits per heavy atom. The molecule has 112 valence electrons. The summed E-state index contributed by atoms with van der Waals surface area (Å²) in [5, 5.41) is 21.5. The lowest BCUT2D eigenvalue weighted by Gasteiger charge is -2.50. The van der Waals surface area contributed by atoms with Gasteiger partial charge in [0.25, 0.3) is 0 Å². The molecule has 3 aliphatic heterocycles. The molecule has 1 saturated carbocycles. The zero-order valence-corrected chi connectivity index (χ0v) is 11.9. The molecule has 4 aliphatic rings. The molecule has 1 aliphatic carbocycles. The van der Waals surface area contributed by atoms with Crippen LogP contribution in [-0.2, 0) is 19.3 Å². The van der Waals surface area contributed by atoms with Crippen LogP contribution in [0.4, 0.5) is 0 Å². The maximum Gasteiger partial charge on any atom is 0.343 e. The number of rotatable bonds is 0. The van der Waals surface area contributed by atoms with Crippen molar-refractivity contribution in [2.75, 3.05) is 0 Å². The van der Waals surface area contributed by atoms with Gasteiger partial charge in [0.2, 0.25) is 0 Å². The molecule has 6 heteroatoms. The Balaban J connectivity index is 2.01. The van der Waals surface area contributed by atoms with Crippen LogP contribution in [0.3, 0.4) is 0 Å². The van der Waals surface area contributed by atoms with Gasteiger partial charge in [0, 0.05) is 17.8 Å². The van der Waals surface area contributed by atoms with Gasteiger partial charge in [0.15, 0.2) is 11.4 Å². The normalized spacial score (nSPS) is 64.0. The number of fused-ring (bicyclic) bond motifs is 1. The lowest BCUT2D eigenvalue weighted by atomic mass is 9.53. The molecule has 0 aromatic carbocycles. The van der Waals surface area contributed by atoms with Crippen LogP contribution in [0, 0.1) is 17.3 Å². The summed E-state index contributed by atoms with van der Waals surface area (Å²) in [6.07, 6.45) is 0.203. The standard InChI is InChI=1S/C14H20O6/c1-7-4-9(15)14-11(3)8(2)13(17,19-14)6-12(7,14)5-10(16)18-20-11/h7-9,15,17H,4-6H2,1-3H3. The van der Waals surface area contributed by atoms with Crippen molar-refractivity contribution >= 4 is 5.97 Å². The zero-order valence-electron chi connectivity index (χ0n) is 11.9. The van der Waals surface area contributed by atoms with Crippen molar-refractivity contribution in [2.45, 2.75) is 63.1 Å². The van der Waals surface area contributed by atoms with Gasteiger partial charge < -0.3 is 14.9 Å². The van der Waals surface area contributed by atoms with Crippen LogP contribution >= 0.6 is 0 Å². The number of aliphatic hydroxyl groups is 2. The third-order valence-electron chi connectivity index (χ3n) is 6.64. The predicted octanol–water partition coefficient (Wildman–Crippen LogP) is 0.508. The first kappa shape index (κ1) is 13.0. The molecule has 7 atom stereocenters. The summed E-state index contributed by atoms with van der Waals surface area (Å²) in [7, 11) is 0. The summed E-state index contributed by atoms with van der Waals surface area (Å²) in [4.78, 5) is 22.3. The van der Waals surface area contributed by atoms with E-state index in [0.717, 1.165) is 0 Å². The second kappa shape index (κ2) is 3.21. The van der Waals surface area contributed by atoms with Gasteiger partial charge >= 0.3 is 5.97 Å². The number of hydrogen-bond donors (Lipinski definition) is 2. The van der Waals surface area contributed by atoms with E-state index in [1.807, 2.05) is 13.8 Å². The Morgan fingerprint density at radius 1 is 1.35 bits per heavy atom. The Labute approximate surface area is 116 Å². The molecule has 2 bridgehead atoms. The van der Waals surface area contributed by atoms with Crippen molar-refractivity contribution in [1.82, 2.24) is 0 Å². The highest BCUT2D eigenvalue weighted by molar-refractivity contribution is 5.71. The maximum atomic E-state index is 12.0. The first-order valence-corrected chi connectivity index (χ1v) is 7.21. The molecule has 7 unspecified atom stereocenters. The second-order valence-corrected chi connectivity index (χ2v) is 7.21. The van der Waals surface area contributed by atoms with E-state index >= 15 is 0 Å². The van der Waals surface area contributed by atoms with Gasteiger partial charge in [0.1, 0.15) is 5.60 Å². The molecule has 0 radical (unpaired) electrons. The summed E-state index contributed by atoms with van der Waals surface area (Å²) in [5.41, 5.74) is -2.76. The van der Waals surface area contributed by atoms with Crippen LogP contribution in [0.5, 0.6) is 0 Å². The monoisotopic (exact) mass is 284 g/mol. The fraction of sp³-hybridized carbons (Fsp3) is 0.929. The smallest absolute Gasteiger partial charge is 0.343 e. The average molecular weight is 284 g/mol. The fourth-order valence-electron chi connectivity index (χ4n) is 5.51. The van der Waals surface area contributed by atoms with Gasteiger partial charge in [-0.1, -0.05) is 13.8 Å². The van der Waals surface area contributed by atoms with E-state index in [9.17, 15) is 15.0 Å². The van der Waals surface area contributed by atoms with E-state index in [-0.39, 0.29) is 12.3 Å². The van der Waals surface area contributed by atoms with Gasteiger partial charge in [-0.3, -0.25) is 4.89 Å². The summed E-state index contributed by atoms with van der Waals surface area (Å²) in [6.45, 7) is 5.58. The minimum absolute atomic E-state index is 0.0487. The number of hydrogen-bond acceptors (Lipinski definition) is 6. The van der Waals surface area contributed by atoms with Gasteiger partial charge in [-0.15, -0.1) is 0 Å². The quantitative estimate of drug-likeness (QED) is 0.630. The summed E-state index contributed by atoms with van der Waals surface area (Å²) < 4.78 is 6.00. The van der Waals surface area contributed by atoms with E-state index in [4.69, 9.17) is 14.5 Å². The van der Waals surface area contributed by atoms with Gasteiger partial charge in [0.05, 0.1) is 12.5 Å². The minimum atomic E-state index is -1.38. The van der Waals surface area contributed by atoms with Crippen molar-refractivity contribution in [1.29, 1.82) is 0 Å². The highest BCUT2D eigenvalue weighted by Crippen LogP contribution is 2.76. The summed E-state index contributed by atoms with van der Waals surface area (Å²) in [6, 6.07) is 0. The summed E-state index contributed by atoms with van der Waals surface area (Å²) in [5.74, 6) is -2.18. The molecular weight excluding hydrogens is 264 g/mol. The topological polar surface area (TPSA) is 85.2 Å². The molecule has 2 N–H and O–H groups in total. The van der Waals surface area contributed by atoms with Crippen LogP contribution in [0.1, 0.15) is 40.0 Å². The van der Waals surface area contributed by atoms with Gasteiger partial charge in [-0.05, 0) is 19.3 Å². The molecular formula is C14H20O6. The van der Waals surface area contributed by atoms with Gasteiger partial charge in [-0.25, -0.2) is 4.79 Å². The SMILES string of the molecule is CC1CC(O)C23OC4(O)CC12CC(=O)OOC3(C)C4C. The van der Waals surface area contributed by atoms with Crippen molar-refractivity contribution in [2.24, 2.45) is 17.3 Å². The molecule has 6 nitrogen and oxygen atoms in total. The maximum absolute atomic E-state index is 12.0. The molecule has 20 heavy (non-hydrogen) atoms. The van der Waals surface area contributed by atoms with E-state index < -0.39 is 40.4 Å². The Kier molecular flexibility index (Phi) is 2.09. The largest absolute Gasteiger partial charge is 0.390 e. The lowest BCUT2D eigenvalue weighted by molar-refractivity contribution is -0.361. The van der Waals surface area contributed by atoms with Crippen LogP contribution in [0.15, 0.2) is 0 Å². The van der Waals surface area contributed by atoms with Crippen molar-refractivity contribution in [3.63, 3.8) is 0 Å². The number of carbonyl (C=O) groups excluding carboxylic acids is 1. The first-order chi connectivity index (χ1) is 9.22. The Morgan fingerprint density at radius 2 is 2.05 bits per heavy atom. The molecule has 0 amide bonds. The molecule has 4 fully saturated rings. The molecule has 4 rings (SSSR count). The summed E-state index contributed by atoms with van der Waals surface area (Å²) >= 11 is 0. The van der Waals surface area contributed by atoms with Crippen LogP contribution in [0.2, 0.25) is 0 Å². The second-order valence-electron chi connectivity index (χ2n) is 7.21. The van der Waals surface area contributed by atoms with Crippen molar-refractivity contribution in [3.8, 4) is 0 Å². The minimum Gasteiger partial charge on any atom is -0.390 e. The van der Waals surface area contributed by atoms with Crippen LogP contribution in [0.25, 0.3) is 0 Å². The number of aliphatic hydroxyl groups excluding tert-OH is 1. The van der Waals surface area contributed by atoms with E-state index in [0.29, 0.717) is 12.8 Å². The molecule has 3 heterocycles. The lowest BCUT2D eigenvalue weighted by Crippen LogP contribution is -2.66. The average Bonchev–Trinajstić information content (AvgIpc) is 2.80. The van der Waals surface area contributed by atoms with E-state index in [2.05, 4.69) is 0 Å². The van der Waals surface area contributed by atoms with Crippen molar-refractivity contribution < 1.29 is 29.5 Å². The highest BCUT2D eigenvalue weighted by Gasteiger charge is 2.88. The van der Waals surface area contributed by atoms with Crippen LogP contribution < -0.4 is 0 Å². The predicted molar refractivity (Wildman–Crippen MR) is 65.0 cm³/mol. The molecule has 0 aromatic rings. The zero-order chi connectivity index (χ0) is 14.6. The third kappa shape index (κ3) is 0.987. The van der Waals surface area contributed by atoms with Crippen LogP contribution in [-0.4, -0.2) is 39.3 Å². The van der Waals surface area contributed by atoms with E-state index in [1.165, 1.54) is 0 Å². The van der Waals surface area contributed by atoms with Gasteiger partial charge in [-0.2, -0.15) is 4.89 Å². The van der Waals surface area contributed by atoms with Crippen molar-refractivity contribution in [3.05, 3.63) is 0 Å². The number of ether oxygens (including phenoxy) is 1. The van der Waals surface area contributed by atoms with E-state index in [1.54, 1.807) is 6.92 Å². The Hall–Kier alpha value is -0.690. The third-order valence-corrected chi connectivity index (χ3v) is 6.64. The first-order valence-electron chi connectivity index (χ1n) is 7.21. The molecule has 1 spiro atoms. The number of carbonyl (C=O) groups is 1. The highest BCUT2D eigenvalue weighted by atomic mass is 17.2. The fourth-order valence-corrected chi connectivity index (χ4v) is 5.51. The Bertz CT molecular complexity index is 508. The molecule has 0 aromatic heterocycles.